The Hall–Kier alpha value is -2.39. The molecule has 1 atom stereocenters. The number of morpholine rings is 1. The summed E-state index contributed by atoms with van der Waals surface area (Å²) in [6.45, 7) is 0.133. The summed E-state index contributed by atoms with van der Waals surface area (Å²) in [4.78, 5) is 24.1. The van der Waals surface area contributed by atoms with Crippen LogP contribution >= 0.6 is 0 Å². The Labute approximate surface area is 109 Å². The lowest BCUT2D eigenvalue weighted by atomic mass is 10.1. The molecule has 0 bridgehead atoms. The molecule has 2 rings (SSSR count). The molecular weight excluding hydrogens is 248 g/mol. The van der Waals surface area contributed by atoms with Gasteiger partial charge >= 0.3 is 5.97 Å². The number of anilines is 1. The van der Waals surface area contributed by atoms with E-state index in [0.29, 0.717) is 11.3 Å². The number of benzene rings is 1. The van der Waals surface area contributed by atoms with Crippen molar-refractivity contribution < 1.29 is 19.4 Å². The van der Waals surface area contributed by atoms with Gasteiger partial charge in [0.15, 0.2) is 0 Å². The van der Waals surface area contributed by atoms with E-state index in [1.54, 1.807) is 24.3 Å². The highest BCUT2D eigenvalue weighted by Gasteiger charge is 2.31. The Morgan fingerprint density at radius 3 is 2.74 bits per heavy atom. The Bertz CT molecular complexity index is 533. The van der Waals surface area contributed by atoms with Crippen LogP contribution < -0.4 is 4.90 Å². The second-order valence-corrected chi connectivity index (χ2v) is 4.19. The maximum atomic E-state index is 11.9. The van der Waals surface area contributed by atoms with E-state index in [9.17, 15) is 9.59 Å². The zero-order valence-electron chi connectivity index (χ0n) is 10.1. The van der Waals surface area contributed by atoms with E-state index in [4.69, 9.17) is 15.1 Å². The number of aliphatic carboxylic acids is 1. The van der Waals surface area contributed by atoms with Crippen molar-refractivity contribution >= 4 is 17.6 Å². The molecule has 0 radical (unpaired) electrons. The van der Waals surface area contributed by atoms with Crippen LogP contribution in [-0.4, -0.2) is 36.2 Å². The number of carboxylic acid groups (broad SMARTS) is 1. The molecule has 1 aliphatic heterocycles. The predicted octanol–water partition coefficient (Wildman–Crippen LogP) is 0.765. The largest absolute Gasteiger partial charge is 0.481 e. The topological polar surface area (TPSA) is 90.6 Å². The smallest absolute Gasteiger partial charge is 0.305 e. The molecule has 19 heavy (non-hydrogen) atoms. The summed E-state index contributed by atoms with van der Waals surface area (Å²) in [6, 6.07) is 7.93. The highest BCUT2D eigenvalue weighted by molar-refractivity contribution is 5.96. The Balaban J connectivity index is 2.27. The maximum Gasteiger partial charge on any atom is 0.305 e. The van der Waals surface area contributed by atoms with Crippen LogP contribution in [0.3, 0.4) is 0 Å². The third-order valence-corrected chi connectivity index (χ3v) is 2.85. The molecule has 1 saturated heterocycles. The SMILES string of the molecule is N#Cc1ccc(N2C(=O)COCC2CC(=O)O)cc1. The number of carbonyl (C=O) groups is 2. The average Bonchev–Trinajstić information content (AvgIpc) is 2.38. The molecule has 0 aliphatic carbocycles. The van der Waals surface area contributed by atoms with E-state index < -0.39 is 12.0 Å². The fraction of sp³-hybridized carbons (Fsp3) is 0.308. The molecule has 1 aromatic carbocycles. The Kier molecular flexibility index (Phi) is 3.78. The second-order valence-electron chi connectivity index (χ2n) is 4.19. The number of carboxylic acids is 1. The number of nitriles is 1. The zero-order valence-corrected chi connectivity index (χ0v) is 10.1. The molecule has 1 fully saturated rings. The van der Waals surface area contributed by atoms with E-state index in [0.717, 1.165) is 0 Å². The van der Waals surface area contributed by atoms with Gasteiger partial charge in [0.25, 0.3) is 5.91 Å². The first-order chi connectivity index (χ1) is 9.11. The van der Waals surface area contributed by atoms with Gasteiger partial charge in [-0.15, -0.1) is 0 Å². The van der Waals surface area contributed by atoms with Crippen molar-refractivity contribution in [2.24, 2.45) is 0 Å². The molecule has 1 aromatic rings. The molecule has 1 heterocycles. The first-order valence-corrected chi connectivity index (χ1v) is 5.73. The number of nitrogens with zero attached hydrogens (tertiary/aromatic N) is 2. The molecule has 98 valence electrons. The van der Waals surface area contributed by atoms with Crippen molar-refractivity contribution in [2.75, 3.05) is 18.1 Å². The third kappa shape index (κ3) is 2.89. The van der Waals surface area contributed by atoms with E-state index in [-0.39, 0.29) is 25.5 Å². The van der Waals surface area contributed by atoms with Crippen LogP contribution in [0.2, 0.25) is 0 Å². The summed E-state index contributed by atoms with van der Waals surface area (Å²) in [5.41, 5.74) is 1.07. The van der Waals surface area contributed by atoms with Crippen LogP contribution in [0.1, 0.15) is 12.0 Å². The first-order valence-electron chi connectivity index (χ1n) is 5.73. The number of hydrogen-bond acceptors (Lipinski definition) is 4. The van der Waals surface area contributed by atoms with Crippen LogP contribution in [0, 0.1) is 11.3 Å². The molecule has 6 nitrogen and oxygen atoms in total. The fourth-order valence-electron chi connectivity index (χ4n) is 2.03. The van der Waals surface area contributed by atoms with E-state index in [1.165, 1.54) is 4.90 Å². The van der Waals surface area contributed by atoms with Gasteiger partial charge in [-0.2, -0.15) is 5.26 Å². The first kappa shape index (κ1) is 13.1. The van der Waals surface area contributed by atoms with Crippen molar-refractivity contribution in [3.8, 4) is 6.07 Å². The lowest BCUT2D eigenvalue weighted by molar-refractivity contribution is -0.138. The molecule has 1 amide bonds. The quantitative estimate of drug-likeness (QED) is 0.866. The molecule has 6 heteroatoms. The third-order valence-electron chi connectivity index (χ3n) is 2.85. The minimum absolute atomic E-state index is 0.0594. The van der Waals surface area contributed by atoms with Gasteiger partial charge < -0.3 is 14.7 Å². The average molecular weight is 260 g/mol. The van der Waals surface area contributed by atoms with Gasteiger partial charge in [0.05, 0.1) is 30.7 Å². The van der Waals surface area contributed by atoms with Gasteiger partial charge in [-0.25, -0.2) is 0 Å². The number of hydrogen-bond donors (Lipinski definition) is 1. The van der Waals surface area contributed by atoms with Gasteiger partial charge in [0.2, 0.25) is 0 Å². The minimum atomic E-state index is -0.984. The van der Waals surface area contributed by atoms with Crippen LogP contribution in [0.5, 0.6) is 0 Å². The Morgan fingerprint density at radius 2 is 2.16 bits per heavy atom. The summed E-state index contributed by atoms with van der Waals surface area (Å²) < 4.78 is 5.08. The lowest BCUT2D eigenvalue weighted by Gasteiger charge is -2.34. The van der Waals surface area contributed by atoms with Gasteiger partial charge in [-0.1, -0.05) is 0 Å². The number of ether oxygens (including phenoxy) is 1. The number of carbonyl (C=O) groups excluding carboxylic acids is 1. The molecule has 0 spiro atoms. The van der Waals surface area contributed by atoms with Crippen molar-refractivity contribution in [3.63, 3.8) is 0 Å². The van der Waals surface area contributed by atoms with Gasteiger partial charge in [0, 0.05) is 5.69 Å². The summed E-state index contributed by atoms with van der Waals surface area (Å²) in [6.07, 6.45) is -0.175. The van der Waals surface area contributed by atoms with Crippen LogP contribution in [-0.2, 0) is 14.3 Å². The van der Waals surface area contributed by atoms with Crippen molar-refractivity contribution in [1.82, 2.24) is 0 Å². The van der Waals surface area contributed by atoms with E-state index >= 15 is 0 Å². The molecule has 0 aromatic heterocycles. The highest BCUT2D eigenvalue weighted by Crippen LogP contribution is 2.22. The van der Waals surface area contributed by atoms with Crippen LogP contribution in [0.15, 0.2) is 24.3 Å². The molecular formula is C13H12N2O4. The fourth-order valence-corrected chi connectivity index (χ4v) is 2.03. The van der Waals surface area contributed by atoms with Crippen molar-refractivity contribution in [2.45, 2.75) is 12.5 Å². The lowest BCUT2D eigenvalue weighted by Crippen LogP contribution is -2.50. The maximum absolute atomic E-state index is 11.9. The molecule has 0 saturated carbocycles. The monoisotopic (exact) mass is 260 g/mol. The zero-order chi connectivity index (χ0) is 13.8. The normalized spacial score (nSPS) is 19.0. The highest BCUT2D eigenvalue weighted by atomic mass is 16.5. The molecule has 1 unspecified atom stereocenters. The van der Waals surface area contributed by atoms with Crippen LogP contribution in [0.4, 0.5) is 5.69 Å². The van der Waals surface area contributed by atoms with Crippen molar-refractivity contribution in [1.29, 1.82) is 5.26 Å². The predicted molar refractivity (Wildman–Crippen MR) is 65.5 cm³/mol. The summed E-state index contributed by atoms with van der Waals surface area (Å²) >= 11 is 0. The molecule has 1 N–H and O–H groups in total. The van der Waals surface area contributed by atoms with Gasteiger partial charge in [-0.3, -0.25) is 9.59 Å². The standard InChI is InChI=1S/C13H12N2O4/c14-6-9-1-3-10(4-2-9)15-11(5-13(17)18)7-19-8-12(15)16/h1-4,11H,5,7-8H2,(H,17,18). The van der Waals surface area contributed by atoms with E-state index in [2.05, 4.69) is 0 Å². The number of rotatable bonds is 3. The summed E-state index contributed by atoms with van der Waals surface area (Å²) in [5.74, 6) is -1.26. The second kappa shape index (κ2) is 5.50. The van der Waals surface area contributed by atoms with Crippen LogP contribution in [0.25, 0.3) is 0 Å². The summed E-state index contributed by atoms with van der Waals surface area (Å²) in [5, 5.41) is 17.6. The molecule has 1 aliphatic rings. The number of amides is 1. The van der Waals surface area contributed by atoms with Gasteiger partial charge in [-0.05, 0) is 24.3 Å². The minimum Gasteiger partial charge on any atom is -0.481 e. The van der Waals surface area contributed by atoms with E-state index in [1.807, 2.05) is 6.07 Å². The van der Waals surface area contributed by atoms with Gasteiger partial charge in [0.1, 0.15) is 6.61 Å². The summed E-state index contributed by atoms with van der Waals surface area (Å²) in [7, 11) is 0. The Morgan fingerprint density at radius 1 is 1.47 bits per heavy atom. The van der Waals surface area contributed by atoms with Crippen molar-refractivity contribution in [3.05, 3.63) is 29.8 Å².